The smallest absolute Gasteiger partial charge is 0.139 e. The first kappa shape index (κ1) is 13.4. The number of aryl methyl sites for hydroxylation is 1. The quantitative estimate of drug-likeness (QED) is 0.904. The Morgan fingerprint density at radius 2 is 2.10 bits per heavy atom. The molecule has 1 saturated carbocycles. The fraction of sp³-hybridized carbons (Fsp3) is 0.562. The molecule has 1 aliphatic carbocycles. The minimum absolute atomic E-state index is 0.102. The largest absolute Gasteiger partial charge is 0.393 e. The van der Waals surface area contributed by atoms with Gasteiger partial charge < -0.3 is 15.0 Å². The van der Waals surface area contributed by atoms with Crippen molar-refractivity contribution in [2.45, 2.75) is 51.2 Å². The highest BCUT2D eigenvalue weighted by Gasteiger charge is 2.25. The lowest BCUT2D eigenvalue weighted by molar-refractivity contribution is 0.122. The Bertz CT molecular complexity index is 584. The molecule has 0 amide bonds. The second kappa shape index (κ2) is 5.44. The van der Waals surface area contributed by atoms with Gasteiger partial charge in [-0.1, -0.05) is 6.92 Å². The Balaban J connectivity index is 1.97. The molecule has 108 valence electrons. The number of hydrogen-bond acceptors (Lipinski definition) is 3. The van der Waals surface area contributed by atoms with Crippen molar-refractivity contribution in [1.29, 1.82) is 0 Å². The van der Waals surface area contributed by atoms with E-state index in [1.54, 1.807) is 0 Å². The highest BCUT2D eigenvalue weighted by Crippen LogP contribution is 2.33. The van der Waals surface area contributed by atoms with Crippen molar-refractivity contribution in [3.8, 4) is 0 Å². The normalized spacial score (nSPS) is 23.1. The number of fused-ring (bicyclic) bond motifs is 1. The van der Waals surface area contributed by atoms with Crippen LogP contribution in [0.5, 0.6) is 0 Å². The van der Waals surface area contributed by atoms with E-state index >= 15 is 0 Å². The van der Waals surface area contributed by atoms with Crippen molar-refractivity contribution in [3.63, 3.8) is 0 Å². The first-order chi connectivity index (χ1) is 9.70. The highest BCUT2D eigenvalue weighted by molar-refractivity contribution is 5.91. The molecule has 3 rings (SSSR count). The van der Waals surface area contributed by atoms with Crippen LogP contribution in [0.15, 0.2) is 18.5 Å². The van der Waals surface area contributed by atoms with E-state index < -0.39 is 0 Å². The molecular weight excluding hydrogens is 250 g/mol. The lowest BCUT2D eigenvalue weighted by atomic mass is 9.91. The van der Waals surface area contributed by atoms with Crippen LogP contribution in [0.25, 0.3) is 11.0 Å². The number of aromatic amines is 1. The molecule has 2 aromatic rings. The fourth-order valence-corrected chi connectivity index (χ4v) is 3.34. The molecule has 0 saturated heterocycles. The van der Waals surface area contributed by atoms with Gasteiger partial charge in [0, 0.05) is 30.9 Å². The minimum atomic E-state index is -0.102. The number of rotatable bonds is 3. The molecule has 2 heterocycles. The Kier molecular flexibility index (Phi) is 3.66. The van der Waals surface area contributed by atoms with E-state index in [1.165, 1.54) is 16.6 Å². The lowest BCUT2D eigenvalue weighted by Crippen LogP contribution is -2.37. The number of H-pyrrole nitrogens is 1. The summed E-state index contributed by atoms with van der Waals surface area (Å²) in [7, 11) is 2.18. The summed E-state index contributed by atoms with van der Waals surface area (Å²) in [5.41, 5.74) is 3.56. The number of nitrogens with zero attached hydrogens (tertiary/aromatic N) is 2. The van der Waals surface area contributed by atoms with Crippen LogP contribution in [0, 0.1) is 0 Å². The van der Waals surface area contributed by atoms with Gasteiger partial charge >= 0.3 is 0 Å². The summed E-state index contributed by atoms with van der Waals surface area (Å²) in [6.07, 6.45) is 8.79. The molecule has 4 heteroatoms. The van der Waals surface area contributed by atoms with Crippen molar-refractivity contribution in [2.24, 2.45) is 0 Å². The molecule has 2 aromatic heterocycles. The maximum absolute atomic E-state index is 9.69. The molecule has 1 aliphatic rings. The van der Waals surface area contributed by atoms with Crippen LogP contribution in [0.2, 0.25) is 0 Å². The zero-order valence-corrected chi connectivity index (χ0v) is 12.3. The van der Waals surface area contributed by atoms with Crippen LogP contribution >= 0.6 is 0 Å². The molecule has 4 nitrogen and oxygen atoms in total. The zero-order chi connectivity index (χ0) is 14.1. The summed E-state index contributed by atoms with van der Waals surface area (Å²) in [4.78, 5) is 10.1. The summed E-state index contributed by atoms with van der Waals surface area (Å²) in [6.45, 7) is 2.18. The number of aliphatic hydroxyl groups excluding tert-OH is 1. The first-order valence-corrected chi connectivity index (χ1v) is 7.56. The second-order valence-corrected chi connectivity index (χ2v) is 5.80. The van der Waals surface area contributed by atoms with Crippen LogP contribution in [0.1, 0.15) is 38.2 Å². The Morgan fingerprint density at radius 1 is 1.35 bits per heavy atom. The average Bonchev–Trinajstić information content (AvgIpc) is 2.94. The molecule has 2 N–H and O–H groups in total. The van der Waals surface area contributed by atoms with Gasteiger partial charge in [-0.25, -0.2) is 4.98 Å². The number of hydrogen-bond donors (Lipinski definition) is 2. The number of aromatic nitrogens is 2. The van der Waals surface area contributed by atoms with Gasteiger partial charge in [0.1, 0.15) is 5.65 Å². The molecule has 0 bridgehead atoms. The van der Waals surface area contributed by atoms with Gasteiger partial charge in [-0.3, -0.25) is 0 Å². The van der Waals surface area contributed by atoms with Crippen molar-refractivity contribution in [2.75, 3.05) is 11.9 Å². The first-order valence-electron chi connectivity index (χ1n) is 7.56. The third-order valence-corrected chi connectivity index (χ3v) is 4.58. The number of pyridine rings is 1. The third kappa shape index (κ3) is 2.29. The van der Waals surface area contributed by atoms with Crippen LogP contribution in [-0.4, -0.2) is 34.3 Å². The molecule has 0 aromatic carbocycles. The zero-order valence-electron chi connectivity index (χ0n) is 12.3. The minimum Gasteiger partial charge on any atom is -0.393 e. The fourth-order valence-electron chi connectivity index (χ4n) is 3.34. The Labute approximate surface area is 119 Å². The molecule has 1 fully saturated rings. The maximum Gasteiger partial charge on any atom is 0.139 e. The van der Waals surface area contributed by atoms with Gasteiger partial charge in [-0.05, 0) is 43.7 Å². The van der Waals surface area contributed by atoms with Gasteiger partial charge in [0.2, 0.25) is 0 Å². The van der Waals surface area contributed by atoms with Crippen LogP contribution in [0.3, 0.4) is 0 Å². The van der Waals surface area contributed by atoms with E-state index in [4.69, 9.17) is 0 Å². The standard InChI is InChI=1S/C16H23N3O/c1-3-11-10-18-16-14(8-9-17-16)15(11)19(2)12-4-6-13(20)7-5-12/h8-10,12-13,20H,3-7H2,1-2H3,(H,17,18). The predicted molar refractivity (Wildman–Crippen MR) is 82.1 cm³/mol. The van der Waals surface area contributed by atoms with Gasteiger partial charge in [-0.15, -0.1) is 0 Å². The monoisotopic (exact) mass is 273 g/mol. The number of aliphatic hydroxyl groups is 1. The number of nitrogens with one attached hydrogen (secondary N) is 1. The summed E-state index contributed by atoms with van der Waals surface area (Å²) in [6, 6.07) is 2.63. The molecule has 0 atom stereocenters. The molecule has 0 unspecified atom stereocenters. The van der Waals surface area contributed by atoms with Gasteiger partial charge in [0.05, 0.1) is 11.8 Å². The molecule has 0 aliphatic heterocycles. The van der Waals surface area contributed by atoms with Crippen molar-refractivity contribution in [3.05, 3.63) is 24.0 Å². The predicted octanol–water partition coefficient (Wildman–Crippen LogP) is 2.87. The van der Waals surface area contributed by atoms with E-state index in [0.29, 0.717) is 6.04 Å². The lowest BCUT2D eigenvalue weighted by Gasteiger charge is -2.36. The number of anilines is 1. The summed E-state index contributed by atoms with van der Waals surface area (Å²) >= 11 is 0. The maximum atomic E-state index is 9.69. The van der Waals surface area contributed by atoms with Crippen LogP contribution in [-0.2, 0) is 6.42 Å². The van der Waals surface area contributed by atoms with E-state index in [2.05, 4.69) is 34.9 Å². The molecule has 20 heavy (non-hydrogen) atoms. The van der Waals surface area contributed by atoms with E-state index in [1.807, 2.05) is 12.4 Å². The Morgan fingerprint density at radius 3 is 2.80 bits per heavy atom. The van der Waals surface area contributed by atoms with E-state index in [9.17, 15) is 5.11 Å². The highest BCUT2D eigenvalue weighted by atomic mass is 16.3. The summed E-state index contributed by atoms with van der Waals surface area (Å²) in [5.74, 6) is 0. The van der Waals surface area contributed by atoms with Crippen molar-refractivity contribution >= 4 is 16.7 Å². The van der Waals surface area contributed by atoms with Gasteiger partial charge in [-0.2, -0.15) is 0 Å². The van der Waals surface area contributed by atoms with E-state index in [-0.39, 0.29) is 6.10 Å². The Hall–Kier alpha value is -1.55. The van der Waals surface area contributed by atoms with E-state index in [0.717, 1.165) is 37.8 Å². The average molecular weight is 273 g/mol. The van der Waals surface area contributed by atoms with Crippen molar-refractivity contribution < 1.29 is 5.11 Å². The topological polar surface area (TPSA) is 52.2 Å². The molecular formula is C16H23N3O. The van der Waals surface area contributed by atoms with Crippen molar-refractivity contribution in [1.82, 2.24) is 9.97 Å². The summed E-state index contributed by atoms with van der Waals surface area (Å²) < 4.78 is 0. The molecule has 0 radical (unpaired) electrons. The van der Waals surface area contributed by atoms with Gasteiger partial charge in [0.15, 0.2) is 0 Å². The second-order valence-electron chi connectivity index (χ2n) is 5.80. The molecule has 0 spiro atoms. The van der Waals surface area contributed by atoms with Crippen LogP contribution in [0.4, 0.5) is 5.69 Å². The van der Waals surface area contributed by atoms with Crippen LogP contribution < -0.4 is 4.90 Å². The summed E-state index contributed by atoms with van der Waals surface area (Å²) in [5, 5.41) is 10.9. The third-order valence-electron chi connectivity index (χ3n) is 4.58. The SMILES string of the molecule is CCc1cnc2[nH]ccc2c1N(C)C1CCC(O)CC1. The van der Waals surface area contributed by atoms with Gasteiger partial charge in [0.25, 0.3) is 0 Å².